The Bertz CT molecular complexity index is 918. The molecule has 3 N–H and O–H groups in total. The van der Waals surface area contributed by atoms with E-state index in [2.05, 4.69) is 25.2 Å². The molecule has 2 rings (SSSR count). The van der Waals surface area contributed by atoms with Crippen LogP contribution in [0.15, 0.2) is 45.1 Å². The Kier molecular flexibility index (Phi) is 6.05. The minimum atomic E-state index is -3.48. The number of aryl methyl sites for hydroxylation is 1. The monoisotopic (exact) mass is 363 g/mol. The van der Waals surface area contributed by atoms with Crippen LogP contribution in [0.1, 0.15) is 31.5 Å². The predicted octanol–water partition coefficient (Wildman–Crippen LogP) is 1.60. The number of hydrogen-bond donors (Lipinski definition) is 3. The molecule has 0 aliphatic carbocycles. The van der Waals surface area contributed by atoms with E-state index in [-0.39, 0.29) is 16.4 Å². The van der Waals surface area contributed by atoms with Crippen LogP contribution in [0.2, 0.25) is 0 Å². The molecule has 0 bridgehead atoms. The molecule has 25 heavy (non-hydrogen) atoms. The zero-order chi connectivity index (χ0) is 18.4. The molecule has 9 heteroatoms. The third-order valence-electron chi connectivity index (χ3n) is 3.32. The van der Waals surface area contributed by atoms with Gasteiger partial charge >= 0.3 is 0 Å². The summed E-state index contributed by atoms with van der Waals surface area (Å²) in [7, 11) is -3.48. The molecule has 1 heterocycles. The Morgan fingerprint density at radius 2 is 1.96 bits per heavy atom. The van der Waals surface area contributed by atoms with E-state index in [1.165, 1.54) is 18.2 Å². The fourth-order valence-electron chi connectivity index (χ4n) is 2.03. The average molecular weight is 363 g/mol. The molecule has 0 radical (unpaired) electrons. The van der Waals surface area contributed by atoms with Gasteiger partial charge < -0.3 is 0 Å². The second-order valence-electron chi connectivity index (χ2n) is 5.47. The van der Waals surface area contributed by atoms with Gasteiger partial charge in [0.05, 0.1) is 10.6 Å². The molecule has 1 aromatic carbocycles. The number of nitrogens with zero attached hydrogens (tertiary/aromatic N) is 2. The highest BCUT2D eigenvalue weighted by Crippen LogP contribution is 2.11. The molecule has 0 spiro atoms. The number of sulfonamides is 1. The average Bonchev–Trinajstić information content (AvgIpc) is 2.57. The number of benzene rings is 1. The van der Waals surface area contributed by atoms with Crippen LogP contribution in [0.5, 0.6) is 0 Å². The second-order valence-corrected chi connectivity index (χ2v) is 7.23. The van der Waals surface area contributed by atoms with E-state index >= 15 is 0 Å². The first-order chi connectivity index (χ1) is 11.8. The molecule has 2 aromatic rings. The molecule has 0 unspecified atom stereocenters. The SMILES string of the molecule is CCCNS(=O)(=O)c1ccc(/C(C)=N\Nc2nc(C)cc(=O)[nH]2)cc1. The Hall–Kier alpha value is -2.52. The van der Waals surface area contributed by atoms with Gasteiger partial charge in [-0.3, -0.25) is 9.78 Å². The zero-order valence-corrected chi connectivity index (χ0v) is 15.1. The summed E-state index contributed by atoms with van der Waals surface area (Å²) in [6.07, 6.45) is 0.726. The maximum atomic E-state index is 12.1. The first-order valence-corrected chi connectivity index (χ1v) is 9.28. The van der Waals surface area contributed by atoms with Crippen LogP contribution in [0, 0.1) is 6.92 Å². The lowest BCUT2D eigenvalue weighted by molar-refractivity contribution is 0.581. The first-order valence-electron chi connectivity index (χ1n) is 7.80. The smallest absolute Gasteiger partial charge is 0.252 e. The van der Waals surface area contributed by atoms with Crippen molar-refractivity contribution in [2.24, 2.45) is 5.10 Å². The van der Waals surface area contributed by atoms with Gasteiger partial charge in [-0.1, -0.05) is 19.1 Å². The van der Waals surface area contributed by atoms with Crippen LogP contribution >= 0.6 is 0 Å². The lowest BCUT2D eigenvalue weighted by atomic mass is 10.1. The number of nitrogens with one attached hydrogen (secondary N) is 3. The molecule has 1 aromatic heterocycles. The van der Waals surface area contributed by atoms with E-state index in [0.29, 0.717) is 18.0 Å². The fraction of sp³-hybridized carbons (Fsp3) is 0.312. The lowest BCUT2D eigenvalue weighted by Gasteiger charge is -2.07. The number of rotatable bonds is 7. The highest BCUT2D eigenvalue weighted by molar-refractivity contribution is 7.89. The van der Waals surface area contributed by atoms with Gasteiger partial charge in [0.1, 0.15) is 0 Å². The van der Waals surface area contributed by atoms with Crippen LogP contribution in [-0.2, 0) is 10.0 Å². The highest BCUT2D eigenvalue weighted by atomic mass is 32.2. The summed E-state index contributed by atoms with van der Waals surface area (Å²) < 4.78 is 26.6. The standard InChI is InChI=1S/C16H21N5O3S/c1-4-9-17-25(23,24)14-7-5-13(6-8-14)12(3)20-21-16-18-11(2)10-15(22)19-16/h5-8,10,17H,4,9H2,1-3H3,(H2,18,19,21,22)/b20-12-. The molecule has 0 saturated carbocycles. The van der Waals surface area contributed by atoms with Crippen LogP contribution in [0.3, 0.4) is 0 Å². The van der Waals surface area contributed by atoms with Crippen molar-refractivity contribution < 1.29 is 8.42 Å². The summed E-state index contributed by atoms with van der Waals surface area (Å²) in [6.45, 7) is 5.77. The third-order valence-corrected chi connectivity index (χ3v) is 4.80. The van der Waals surface area contributed by atoms with Crippen LogP contribution in [0.4, 0.5) is 5.95 Å². The van der Waals surface area contributed by atoms with E-state index in [0.717, 1.165) is 12.0 Å². The molecule has 0 saturated heterocycles. The molecule has 0 amide bonds. The second kappa shape index (κ2) is 8.04. The maximum Gasteiger partial charge on any atom is 0.252 e. The summed E-state index contributed by atoms with van der Waals surface area (Å²) in [5.74, 6) is 0.243. The van der Waals surface area contributed by atoms with Gasteiger partial charge in [-0.05, 0) is 38.0 Å². The van der Waals surface area contributed by atoms with Gasteiger partial charge in [-0.15, -0.1) is 0 Å². The van der Waals surface area contributed by atoms with Gasteiger partial charge in [0.15, 0.2) is 0 Å². The summed E-state index contributed by atoms with van der Waals surface area (Å²) in [5.41, 5.74) is 4.37. The molecule has 8 nitrogen and oxygen atoms in total. The molecule has 0 atom stereocenters. The Labute approximate surface area is 146 Å². The number of anilines is 1. The third kappa shape index (κ3) is 5.23. The number of H-pyrrole nitrogens is 1. The van der Waals surface area contributed by atoms with E-state index in [1.54, 1.807) is 26.0 Å². The van der Waals surface area contributed by atoms with Crippen molar-refractivity contribution in [3.63, 3.8) is 0 Å². The Morgan fingerprint density at radius 1 is 1.28 bits per heavy atom. The first kappa shape index (κ1) is 18.8. The molecule has 0 aliphatic heterocycles. The van der Waals surface area contributed by atoms with Gasteiger partial charge in [-0.25, -0.2) is 23.5 Å². The van der Waals surface area contributed by atoms with E-state index in [1.807, 2.05) is 6.92 Å². The Balaban J connectivity index is 2.14. The Morgan fingerprint density at radius 3 is 2.56 bits per heavy atom. The number of hydrazone groups is 1. The molecular weight excluding hydrogens is 342 g/mol. The number of aromatic nitrogens is 2. The van der Waals surface area contributed by atoms with Crippen LogP contribution in [0.25, 0.3) is 0 Å². The van der Waals surface area contributed by atoms with Crippen molar-refractivity contribution in [1.82, 2.24) is 14.7 Å². The van der Waals surface area contributed by atoms with Crippen molar-refractivity contribution in [1.29, 1.82) is 0 Å². The normalized spacial score (nSPS) is 12.2. The highest BCUT2D eigenvalue weighted by Gasteiger charge is 2.12. The summed E-state index contributed by atoms with van der Waals surface area (Å²) in [5, 5.41) is 4.16. The van der Waals surface area contributed by atoms with E-state index in [9.17, 15) is 13.2 Å². The fourth-order valence-corrected chi connectivity index (χ4v) is 3.16. The van der Waals surface area contributed by atoms with Gasteiger partial charge in [0.25, 0.3) is 5.56 Å². The number of aromatic amines is 1. The van der Waals surface area contributed by atoms with Crippen molar-refractivity contribution in [2.45, 2.75) is 32.1 Å². The molecule has 0 aliphatic rings. The maximum absolute atomic E-state index is 12.1. The summed E-state index contributed by atoms with van der Waals surface area (Å²) in [6, 6.07) is 7.78. The largest absolute Gasteiger partial charge is 0.291 e. The van der Waals surface area contributed by atoms with Crippen molar-refractivity contribution in [3.8, 4) is 0 Å². The zero-order valence-electron chi connectivity index (χ0n) is 14.3. The minimum Gasteiger partial charge on any atom is -0.291 e. The predicted molar refractivity (Wildman–Crippen MR) is 97.3 cm³/mol. The molecule has 0 fully saturated rings. The van der Waals surface area contributed by atoms with Crippen molar-refractivity contribution in [2.75, 3.05) is 12.0 Å². The molecular formula is C16H21N5O3S. The van der Waals surface area contributed by atoms with Crippen molar-refractivity contribution >= 4 is 21.7 Å². The van der Waals surface area contributed by atoms with Gasteiger partial charge in [0, 0.05) is 18.3 Å². The topological polar surface area (TPSA) is 116 Å². The van der Waals surface area contributed by atoms with Gasteiger partial charge in [0.2, 0.25) is 16.0 Å². The lowest BCUT2D eigenvalue weighted by Crippen LogP contribution is -2.24. The van der Waals surface area contributed by atoms with E-state index in [4.69, 9.17) is 0 Å². The van der Waals surface area contributed by atoms with Crippen LogP contribution < -0.4 is 15.7 Å². The minimum absolute atomic E-state index is 0.204. The summed E-state index contributed by atoms with van der Waals surface area (Å²) >= 11 is 0. The van der Waals surface area contributed by atoms with Crippen molar-refractivity contribution in [3.05, 3.63) is 51.9 Å². The van der Waals surface area contributed by atoms with Crippen LogP contribution in [-0.4, -0.2) is 30.6 Å². The summed E-state index contributed by atoms with van der Waals surface area (Å²) in [4.78, 5) is 18.2. The van der Waals surface area contributed by atoms with E-state index < -0.39 is 10.0 Å². The quantitative estimate of drug-likeness (QED) is 0.510. The van der Waals surface area contributed by atoms with Gasteiger partial charge in [-0.2, -0.15) is 5.10 Å². The number of hydrogen-bond acceptors (Lipinski definition) is 6. The molecule has 134 valence electrons.